The van der Waals surface area contributed by atoms with Crippen LogP contribution in [0.1, 0.15) is 24.5 Å². The molecule has 1 aromatic carbocycles. The first-order valence-electron chi connectivity index (χ1n) is 12.4. The molecule has 0 spiro atoms. The summed E-state index contributed by atoms with van der Waals surface area (Å²) in [7, 11) is 1.64. The maximum absolute atomic E-state index is 13.2. The summed E-state index contributed by atoms with van der Waals surface area (Å²) in [6.07, 6.45) is -2.34. The number of aryl methyl sites for hydroxylation is 1. The van der Waals surface area contributed by atoms with Crippen LogP contribution in [0, 0.1) is 0 Å². The van der Waals surface area contributed by atoms with Crippen LogP contribution < -0.4 is 11.1 Å². The number of nitrogens with two attached hydrogens (primary N) is 1. The summed E-state index contributed by atoms with van der Waals surface area (Å²) >= 11 is 2.53. The molecule has 0 saturated carbocycles. The number of rotatable bonds is 13. The maximum atomic E-state index is 13.2. The average molecular weight is 658 g/mol. The summed E-state index contributed by atoms with van der Waals surface area (Å²) in [5, 5.41) is 32.8. The monoisotopic (exact) mass is 657 g/mol. The standard InChI is InChI=1S/C24H27N7O9S2.ClH/c1-30-24(27-28-29-30)42-10-13-9-41-22-17(26-20(36)19(35)12-5-3-2-4-6-12)21(37)31(22)18(13)23(38)40-11-39-16(34)8-14(25)7-15(32)33;/h2-6,14,17,19,22,35H,7-11,25H2,1H3,(H,26,36)(H,32,33);1H/t14-,17+,19+,22+;/m0./s1. The molecule has 43 heavy (non-hydrogen) atoms. The smallest absolute Gasteiger partial charge is 0.357 e. The van der Waals surface area contributed by atoms with Gasteiger partial charge < -0.3 is 30.7 Å². The van der Waals surface area contributed by atoms with Crippen molar-refractivity contribution in [3.05, 3.63) is 47.2 Å². The number of amides is 2. The van der Waals surface area contributed by atoms with Gasteiger partial charge in [0.15, 0.2) is 6.10 Å². The lowest BCUT2D eigenvalue weighted by Crippen LogP contribution is -2.71. The molecule has 2 aromatic rings. The minimum absolute atomic E-state index is 0. The molecule has 0 bridgehead atoms. The summed E-state index contributed by atoms with van der Waals surface area (Å²) in [4.78, 5) is 63.0. The molecular formula is C24H28ClN7O9S2. The first-order valence-corrected chi connectivity index (χ1v) is 14.5. The third-order valence-corrected chi connectivity index (χ3v) is 8.57. The molecule has 2 aliphatic rings. The molecule has 0 radical (unpaired) electrons. The highest BCUT2D eigenvalue weighted by atomic mass is 35.5. The third kappa shape index (κ3) is 8.23. The fourth-order valence-electron chi connectivity index (χ4n) is 4.08. The fraction of sp³-hybridized carbons (Fsp3) is 0.417. The molecule has 4 rings (SSSR count). The van der Waals surface area contributed by atoms with Gasteiger partial charge in [-0.3, -0.25) is 24.1 Å². The Kier molecular flexibility index (Phi) is 11.9. The molecule has 1 saturated heterocycles. The number of hydrogen-bond acceptors (Lipinski definition) is 14. The van der Waals surface area contributed by atoms with Crippen molar-refractivity contribution < 1.29 is 43.7 Å². The summed E-state index contributed by atoms with van der Waals surface area (Å²) < 4.78 is 11.4. The molecule has 5 N–H and O–H groups in total. The number of carbonyl (C=O) groups excluding carboxylic acids is 4. The molecule has 2 aliphatic heterocycles. The van der Waals surface area contributed by atoms with Crippen molar-refractivity contribution in [3.63, 3.8) is 0 Å². The Morgan fingerprint density at radius 1 is 1.21 bits per heavy atom. The van der Waals surface area contributed by atoms with E-state index in [0.29, 0.717) is 16.3 Å². The van der Waals surface area contributed by atoms with Gasteiger partial charge >= 0.3 is 17.9 Å². The Labute approximate surface area is 259 Å². The largest absolute Gasteiger partial charge is 0.481 e. The van der Waals surface area contributed by atoms with Gasteiger partial charge in [0.25, 0.3) is 11.8 Å². The molecule has 3 heterocycles. The van der Waals surface area contributed by atoms with Gasteiger partial charge in [-0.05, 0) is 21.6 Å². The number of benzene rings is 1. The Morgan fingerprint density at radius 3 is 2.58 bits per heavy atom. The van der Waals surface area contributed by atoms with Crippen molar-refractivity contribution in [1.82, 2.24) is 30.4 Å². The van der Waals surface area contributed by atoms with E-state index in [9.17, 15) is 29.1 Å². The van der Waals surface area contributed by atoms with Crippen molar-refractivity contribution in [2.75, 3.05) is 18.3 Å². The van der Waals surface area contributed by atoms with Gasteiger partial charge in [0.1, 0.15) is 17.1 Å². The second-order valence-electron chi connectivity index (χ2n) is 9.16. The summed E-state index contributed by atoms with van der Waals surface area (Å²) in [6.45, 7) is -0.794. The van der Waals surface area contributed by atoms with E-state index < -0.39 is 72.9 Å². The van der Waals surface area contributed by atoms with Gasteiger partial charge in [-0.25, -0.2) is 9.48 Å². The van der Waals surface area contributed by atoms with E-state index in [-0.39, 0.29) is 29.6 Å². The Hall–Kier alpha value is -3.71. The number of nitrogens with zero attached hydrogens (tertiary/aromatic N) is 5. The minimum atomic E-state index is -1.49. The van der Waals surface area contributed by atoms with E-state index in [1.165, 1.54) is 33.1 Å². The minimum Gasteiger partial charge on any atom is -0.481 e. The number of carboxylic acid groups (broad SMARTS) is 1. The number of aliphatic hydroxyl groups is 1. The number of aromatic nitrogens is 4. The number of tetrazole rings is 1. The zero-order chi connectivity index (χ0) is 30.4. The van der Waals surface area contributed by atoms with Gasteiger partial charge in [-0.15, -0.1) is 29.3 Å². The van der Waals surface area contributed by atoms with E-state index in [1.807, 2.05) is 0 Å². The molecule has 4 atom stereocenters. The van der Waals surface area contributed by atoms with Crippen molar-refractivity contribution in [3.8, 4) is 0 Å². The molecule has 232 valence electrons. The quantitative estimate of drug-likeness (QED) is 0.0907. The van der Waals surface area contributed by atoms with Crippen LogP contribution in [0.15, 0.2) is 46.8 Å². The van der Waals surface area contributed by atoms with Crippen molar-refractivity contribution in [2.24, 2.45) is 12.8 Å². The Bertz CT molecular complexity index is 1390. The SMILES string of the molecule is Cl.Cn1nnnc1SCC1=C(C(=O)OCOC(=O)C[C@@H](N)CC(=O)O)N2C(=O)[C@@H](NC(=O)[C@H](O)c3ccccc3)[C@H]2SC1. The average Bonchev–Trinajstić information content (AvgIpc) is 3.37. The first kappa shape index (κ1) is 33.8. The van der Waals surface area contributed by atoms with Crippen LogP contribution in [-0.2, 0) is 40.5 Å². The lowest BCUT2D eigenvalue weighted by molar-refractivity contribution is -0.168. The zero-order valence-corrected chi connectivity index (χ0v) is 25.0. The molecule has 1 fully saturated rings. The van der Waals surface area contributed by atoms with Gasteiger partial charge in [0, 0.05) is 24.6 Å². The predicted octanol–water partition coefficient (Wildman–Crippen LogP) is -0.652. The van der Waals surface area contributed by atoms with Crippen LogP contribution in [0.2, 0.25) is 0 Å². The highest BCUT2D eigenvalue weighted by Crippen LogP contribution is 2.42. The number of β-lactam (4-membered cyclic amide) rings is 1. The number of carbonyl (C=O) groups is 5. The van der Waals surface area contributed by atoms with E-state index in [0.717, 1.165) is 0 Å². The van der Waals surface area contributed by atoms with Gasteiger partial charge in [-0.2, -0.15) is 0 Å². The van der Waals surface area contributed by atoms with E-state index in [2.05, 4.69) is 20.8 Å². The van der Waals surface area contributed by atoms with Crippen molar-refractivity contribution in [2.45, 2.75) is 41.6 Å². The molecule has 0 unspecified atom stereocenters. The number of fused-ring (bicyclic) bond motifs is 1. The highest BCUT2D eigenvalue weighted by Gasteiger charge is 2.54. The van der Waals surface area contributed by atoms with Crippen LogP contribution in [0.5, 0.6) is 0 Å². The molecule has 0 aliphatic carbocycles. The number of aliphatic carboxylic acids is 1. The summed E-state index contributed by atoms with van der Waals surface area (Å²) in [5.74, 6) is -3.84. The number of thioether (sulfide) groups is 2. The van der Waals surface area contributed by atoms with Crippen LogP contribution in [0.3, 0.4) is 0 Å². The fourth-order valence-corrected chi connectivity index (χ4v) is 6.42. The number of esters is 2. The number of carboxylic acids is 1. The number of aliphatic hydroxyl groups excluding tert-OH is 1. The predicted molar refractivity (Wildman–Crippen MR) is 152 cm³/mol. The summed E-state index contributed by atoms with van der Waals surface area (Å²) in [6, 6.07) is 6.24. The topological polar surface area (TPSA) is 229 Å². The van der Waals surface area contributed by atoms with Crippen molar-refractivity contribution in [1.29, 1.82) is 0 Å². The molecule has 19 heteroatoms. The van der Waals surface area contributed by atoms with E-state index >= 15 is 0 Å². The lowest BCUT2D eigenvalue weighted by Gasteiger charge is -2.49. The van der Waals surface area contributed by atoms with Crippen LogP contribution in [0.4, 0.5) is 0 Å². The van der Waals surface area contributed by atoms with Gasteiger partial charge in [-0.1, -0.05) is 42.1 Å². The third-order valence-electron chi connectivity index (χ3n) is 6.13. The number of hydrogen-bond donors (Lipinski definition) is 4. The van der Waals surface area contributed by atoms with Crippen LogP contribution in [0.25, 0.3) is 0 Å². The van der Waals surface area contributed by atoms with Crippen molar-refractivity contribution >= 4 is 65.7 Å². The Balaban J connectivity index is 0.00000506. The lowest BCUT2D eigenvalue weighted by atomic mass is 10.0. The number of ether oxygens (including phenoxy) is 2. The van der Waals surface area contributed by atoms with E-state index in [1.54, 1.807) is 37.4 Å². The van der Waals surface area contributed by atoms with Gasteiger partial charge in [0.05, 0.1) is 12.8 Å². The van der Waals surface area contributed by atoms with Crippen LogP contribution in [-0.4, -0.2) is 101 Å². The normalized spacial score (nSPS) is 18.9. The number of halogens is 1. The van der Waals surface area contributed by atoms with Crippen LogP contribution >= 0.6 is 35.9 Å². The molecular weight excluding hydrogens is 630 g/mol. The maximum Gasteiger partial charge on any atom is 0.357 e. The number of nitrogens with one attached hydrogen (secondary N) is 1. The second-order valence-corrected chi connectivity index (χ2v) is 11.2. The molecule has 2 amide bonds. The first-order chi connectivity index (χ1) is 20.1. The highest BCUT2D eigenvalue weighted by molar-refractivity contribution is 8.01. The van der Waals surface area contributed by atoms with E-state index in [4.69, 9.17) is 20.3 Å². The molecule has 16 nitrogen and oxygen atoms in total. The second kappa shape index (κ2) is 15.1. The summed E-state index contributed by atoms with van der Waals surface area (Å²) in [5.41, 5.74) is 6.38. The van der Waals surface area contributed by atoms with Gasteiger partial charge in [0.2, 0.25) is 11.9 Å². The zero-order valence-electron chi connectivity index (χ0n) is 22.5. The Morgan fingerprint density at radius 2 is 1.93 bits per heavy atom. The molecule has 1 aromatic heterocycles.